The summed E-state index contributed by atoms with van der Waals surface area (Å²) in [4.78, 5) is 4.22. The quantitative estimate of drug-likeness (QED) is 0.542. The Morgan fingerprint density at radius 3 is 2.90 bits per heavy atom. The van der Waals surface area contributed by atoms with Gasteiger partial charge in [0.2, 0.25) is 0 Å². The molecule has 1 aliphatic heterocycles. The first-order chi connectivity index (χ1) is 4.89. The Bertz CT molecular complexity index is 110. The summed E-state index contributed by atoms with van der Waals surface area (Å²) in [6, 6.07) is 0.220. The molecule has 1 atom stereocenters. The van der Waals surface area contributed by atoms with Crippen molar-refractivity contribution in [3.8, 4) is 0 Å². The summed E-state index contributed by atoms with van der Waals surface area (Å²) in [6.45, 7) is 0.980. The first-order valence-corrected chi connectivity index (χ1v) is 4.15. The van der Waals surface area contributed by atoms with Crippen molar-refractivity contribution in [1.29, 1.82) is 0 Å². The third-order valence-corrected chi connectivity index (χ3v) is 1.87. The molecule has 0 spiro atoms. The molecular formula is C8H16N2. The Balaban J connectivity index is 2.28. The molecule has 0 amide bonds. The highest BCUT2D eigenvalue weighted by Gasteiger charge is 1.99. The summed E-state index contributed by atoms with van der Waals surface area (Å²) < 4.78 is 0. The average molecular weight is 140 g/mol. The van der Waals surface area contributed by atoms with Gasteiger partial charge in [0.15, 0.2) is 0 Å². The van der Waals surface area contributed by atoms with Crippen molar-refractivity contribution in [2.75, 3.05) is 6.54 Å². The van der Waals surface area contributed by atoms with Crippen molar-refractivity contribution in [3.05, 3.63) is 0 Å². The smallest absolute Gasteiger partial charge is 0.0395 e. The predicted octanol–water partition coefficient (Wildman–Crippen LogP) is 1.35. The van der Waals surface area contributed by atoms with Gasteiger partial charge in [-0.25, -0.2) is 0 Å². The van der Waals surface area contributed by atoms with Crippen LogP contribution in [0, 0.1) is 0 Å². The van der Waals surface area contributed by atoms with Crippen LogP contribution in [0.15, 0.2) is 4.99 Å². The Hall–Kier alpha value is -0.370. The molecule has 0 aromatic heterocycles. The minimum absolute atomic E-state index is 0.220. The Morgan fingerprint density at radius 2 is 2.00 bits per heavy atom. The average Bonchev–Trinajstić information content (AvgIpc) is 2.02. The van der Waals surface area contributed by atoms with Gasteiger partial charge in [-0.3, -0.25) is 4.99 Å². The fourth-order valence-electron chi connectivity index (χ4n) is 1.22. The van der Waals surface area contributed by atoms with E-state index in [4.69, 9.17) is 5.73 Å². The highest BCUT2D eigenvalue weighted by molar-refractivity contribution is 5.63. The fourth-order valence-corrected chi connectivity index (χ4v) is 1.22. The second kappa shape index (κ2) is 4.45. The van der Waals surface area contributed by atoms with Crippen LogP contribution in [0.4, 0.5) is 0 Å². The van der Waals surface area contributed by atoms with E-state index in [1.54, 1.807) is 0 Å². The maximum Gasteiger partial charge on any atom is 0.0395 e. The van der Waals surface area contributed by atoms with Crippen LogP contribution in [0.25, 0.3) is 0 Å². The van der Waals surface area contributed by atoms with Gasteiger partial charge in [0.05, 0.1) is 0 Å². The number of hydrogen-bond donors (Lipinski definition) is 1. The summed E-state index contributed by atoms with van der Waals surface area (Å²) in [7, 11) is 0. The van der Waals surface area contributed by atoms with Crippen LogP contribution in [0.2, 0.25) is 0 Å². The maximum atomic E-state index is 5.72. The van der Waals surface area contributed by atoms with Gasteiger partial charge in [-0.05, 0) is 12.8 Å². The van der Waals surface area contributed by atoms with E-state index in [9.17, 15) is 0 Å². The van der Waals surface area contributed by atoms with Crippen LogP contribution < -0.4 is 5.73 Å². The lowest BCUT2D eigenvalue weighted by atomic mass is 10.1. The summed E-state index contributed by atoms with van der Waals surface area (Å²) in [5, 5.41) is 0. The molecule has 0 fully saturated rings. The van der Waals surface area contributed by atoms with Gasteiger partial charge in [0.1, 0.15) is 0 Å². The molecule has 0 bridgehead atoms. The zero-order valence-electron chi connectivity index (χ0n) is 6.42. The largest absolute Gasteiger partial charge is 0.323 e. The standard InChI is InChI=1S/C8H16N2/c9-8-5-3-1-2-4-6-10-7-8/h7-8H,1-6,9H2. The first-order valence-electron chi connectivity index (χ1n) is 4.15. The van der Waals surface area contributed by atoms with Crippen LogP contribution in [0.1, 0.15) is 32.1 Å². The van der Waals surface area contributed by atoms with Crippen LogP contribution in [0.3, 0.4) is 0 Å². The SMILES string of the molecule is NC1C=NCCCCCC1. The predicted molar refractivity (Wildman–Crippen MR) is 44.4 cm³/mol. The molecule has 0 aliphatic carbocycles. The number of hydrogen-bond acceptors (Lipinski definition) is 2. The minimum atomic E-state index is 0.220. The zero-order chi connectivity index (χ0) is 7.23. The van der Waals surface area contributed by atoms with Crippen molar-refractivity contribution in [2.24, 2.45) is 10.7 Å². The molecule has 0 aromatic carbocycles. The minimum Gasteiger partial charge on any atom is -0.323 e. The van der Waals surface area contributed by atoms with Gasteiger partial charge in [-0.1, -0.05) is 19.3 Å². The lowest BCUT2D eigenvalue weighted by Crippen LogP contribution is -2.20. The zero-order valence-corrected chi connectivity index (χ0v) is 6.42. The lowest BCUT2D eigenvalue weighted by Gasteiger charge is -2.01. The Morgan fingerprint density at radius 1 is 1.20 bits per heavy atom. The van der Waals surface area contributed by atoms with E-state index in [2.05, 4.69) is 4.99 Å². The van der Waals surface area contributed by atoms with Gasteiger partial charge < -0.3 is 5.73 Å². The molecule has 2 nitrogen and oxygen atoms in total. The summed E-state index contributed by atoms with van der Waals surface area (Å²) in [5.41, 5.74) is 5.72. The molecule has 2 N–H and O–H groups in total. The van der Waals surface area contributed by atoms with Gasteiger partial charge >= 0.3 is 0 Å². The van der Waals surface area contributed by atoms with E-state index in [1.165, 1.54) is 25.7 Å². The highest BCUT2D eigenvalue weighted by Crippen LogP contribution is 2.06. The third-order valence-electron chi connectivity index (χ3n) is 1.87. The van der Waals surface area contributed by atoms with E-state index in [0.717, 1.165) is 13.0 Å². The molecule has 0 saturated carbocycles. The molecule has 0 aromatic rings. The lowest BCUT2D eigenvalue weighted by molar-refractivity contribution is 0.616. The van der Waals surface area contributed by atoms with Gasteiger partial charge in [0.25, 0.3) is 0 Å². The summed E-state index contributed by atoms with van der Waals surface area (Å²) in [6.07, 6.45) is 8.19. The molecule has 0 saturated heterocycles. The molecule has 58 valence electrons. The van der Waals surface area contributed by atoms with Gasteiger partial charge in [-0.2, -0.15) is 0 Å². The number of nitrogens with zero attached hydrogens (tertiary/aromatic N) is 1. The molecule has 0 radical (unpaired) electrons. The van der Waals surface area contributed by atoms with Crippen molar-refractivity contribution in [2.45, 2.75) is 38.1 Å². The van der Waals surface area contributed by atoms with Gasteiger partial charge in [0, 0.05) is 18.8 Å². The highest BCUT2D eigenvalue weighted by atomic mass is 14.7. The fraction of sp³-hybridized carbons (Fsp3) is 0.875. The van der Waals surface area contributed by atoms with E-state index >= 15 is 0 Å². The third kappa shape index (κ3) is 2.97. The number of rotatable bonds is 0. The number of nitrogens with two attached hydrogens (primary N) is 1. The van der Waals surface area contributed by atoms with E-state index in [1.807, 2.05) is 6.21 Å². The molecule has 10 heavy (non-hydrogen) atoms. The van der Waals surface area contributed by atoms with Crippen LogP contribution >= 0.6 is 0 Å². The second-order valence-corrected chi connectivity index (χ2v) is 2.92. The van der Waals surface area contributed by atoms with Crippen molar-refractivity contribution in [1.82, 2.24) is 0 Å². The topological polar surface area (TPSA) is 38.4 Å². The van der Waals surface area contributed by atoms with E-state index in [-0.39, 0.29) is 6.04 Å². The molecule has 1 heterocycles. The van der Waals surface area contributed by atoms with Crippen molar-refractivity contribution < 1.29 is 0 Å². The maximum absolute atomic E-state index is 5.72. The van der Waals surface area contributed by atoms with E-state index in [0.29, 0.717) is 0 Å². The molecule has 2 heteroatoms. The van der Waals surface area contributed by atoms with Crippen molar-refractivity contribution >= 4 is 6.21 Å². The molecular weight excluding hydrogens is 124 g/mol. The monoisotopic (exact) mass is 140 g/mol. The van der Waals surface area contributed by atoms with Gasteiger partial charge in [-0.15, -0.1) is 0 Å². The molecule has 1 rings (SSSR count). The Kier molecular flexibility index (Phi) is 3.44. The van der Waals surface area contributed by atoms with Crippen LogP contribution in [-0.4, -0.2) is 18.8 Å². The van der Waals surface area contributed by atoms with Crippen LogP contribution in [0.5, 0.6) is 0 Å². The van der Waals surface area contributed by atoms with Crippen molar-refractivity contribution in [3.63, 3.8) is 0 Å². The summed E-state index contributed by atoms with van der Waals surface area (Å²) in [5.74, 6) is 0. The molecule has 1 aliphatic rings. The summed E-state index contributed by atoms with van der Waals surface area (Å²) >= 11 is 0. The van der Waals surface area contributed by atoms with Crippen LogP contribution in [-0.2, 0) is 0 Å². The number of aliphatic imine (C=N–C) groups is 1. The first kappa shape index (κ1) is 7.73. The normalized spacial score (nSPS) is 28.7. The molecule has 1 unspecified atom stereocenters. The Labute approximate surface area is 62.5 Å². The second-order valence-electron chi connectivity index (χ2n) is 2.92. The van der Waals surface area contributed by atoms with E-state index < -0.39 is 0 Å².